The second-order valence-corrected chi connectivity index (χ2v) is 12.9. The van der Waals surface area contributed by atoms with Crippen LogP contribution >= 0.6 is 12.6 Å². The Hall–Kier alpha value is -3.57. The second-order valence-electron chi connectivity index (χ2n) is 12.5. The van der Waals surface area contributed by atoms with Gasteiger partial charge in [0.2, 0.25) is 0 Å². The molecule has 5 rings (SSSR count). The number of aromatic hydroxyl groups is 4. The number of rotatable bonds is 6. The summed E-state index contributed by atoms with van der Waals surface area (Å²) in [6, 6.07) is 16.5. The fourth-order valence-corrected chi connectivity index (χ4v) is 7.29. The molecule has 42 heavy (non-hydrogen) atoms. The highest BCUT2D eigenvalue weighted by Crippen LogP contribution is 2.48. The smallest absolute Gasteiger partial charge is 0.131 e. The van der Waals surface area contributed by atoms with Crippen molar-refractivity contribution >= 4 is 12.6 Å². The molecular formula is C37H42O4S. The van der Waals surface area contributed by atoms with Crippen molar-refractivity contribution in [3.63, 3.8) is 0 Å². The molecule has 0 atom stereocenters. The molecule has 0 radical (unpaired) electrons. The van der Waals surface area contributed by atoms with Crippen LogP contribution in [0.2, 0.25) is 0 Å². The Bertz CT molecular complexity index is 1500. The quantitative estimate of drug-likeness (QED) is 0.147. The van der Waals surface area contributed by atoms with E-state index in [1.54, 1.807) is 0 Å². The van der Waals surface area contributed by atoms with Gasteiger partial charge in [-0.25, -0.2) is 0 Å². The van der Waals surface area contributed by atoms with E-state index >= 15 is 0 Å². The van der Waals surface area contributed by atoms with E-state index in [0.717, 1.165) is 75.8 Å². The summed E-state index contributed by atoms with van der Waals surface area (Å²) in [6.45, 7) is 9.62. The molecule has 0 aromatic heterocycles. The van der Waals surface area contributed by atoms with Crippen molar-refractivity contribution < 1.29 is 20.4 Å². The summed E-state index contributed by atoms with van der Waals surface area (Å²) in [5.74, 6) is 1.13. The summed E-state index contributed by atoms with van der Waals surface area (Å²) < 4.78 is 0. The number of aryl methyl sites for hydroxylation is 5. The fourth-order valence-electron chi connectivity index (χ4n) is 6.95. The molecular weight excluding hydrogens is 540 g/mol. The van der Waals surface area contributed by atoms with Crippen molar-refractivity contribution in [2.75, 3.05) is 0 Å². The molecule has 4 aromatic carbocycles. The zero-order valence-corrected chi connectivity index (χ0v) is 26.2. The van der Waals surface area contributed by atoms with E-state index in [4.69, 9.17) is 0 Å². The van der Waals surface area contributed by atoms with Crippen molar-refractivity contribution in [1.82, 2.24) is 0 Å². The van der Waals surface area contributed by atoms with E-state index in [1.165, 1.54) is 17.5 Å². The average molecular weight is 583 g/mol. The van der Waals surface area contributed by atoms with Crippen LogP contribution in [0, 0.1) is 34.6 Å². The van der Waals surface area contributed by atoms with E-state index in [9.17, 15) is 20.4 Å². The van der Waals surface area contributed by atoms with Gasteiger partial charge in [-0.15, -0.1) is 12.6 Å². The first-order valence-corrected chi connectivity index (χ1v) is 15.3. The molecule has 1 aliphatic rings. The van der Waals surface area contributed by atoms with Crippen molar-refractivity contribution in [2.45, 2.75) is 89.9 Å². The van der Waals surface area contributed by atoms with Gasteiger partial charge in [-0.1, -0.05) is 61.7 Å². The Balaban J connectivity index is 1.61. The molecule has 0 bridgehead atoms. The summed E-state index contributed by atoms with van der Waals surface area (Å²) in [6.07, 6.45) is 6.52. The molecule has 0 saturated heterocycles. The first-order chi connectivity index (χ1) is 19.9. The largest absolute Gasteiger partial charge is 0.507 e. The van der Waals surface area contributed by atoms with Crippen LogP contribution in [-0.2, 0) is 18.3 Å². The summed E-state index contributed by atoms with van der Waals surface area (Å²) in [5.41, 5.74) is 10.1. The third-order valence-electron chi connectivity index (χ3n) is 9.25. The van der Waals surface area contributed by atoms with Crippen LogP contribution in [0.25, 0.3) is 0 Å². The maximum atomic E-state index is 11.2. The third-order valence-corrected chi connectivity index (χ3v) is 9.59. The highest BCUT2D eigenvalue weighted by Gasteiger charge is 2.37. The van der Waals surface area contributed by atoms with Gasteiger partial charge in [-0.3, -0.25) is 0 Å². The van der Waals surface area contributed by atoms with E-state index in [0.29, 0.717) is 35.0 Å². The molecule has 4 N–H and O–H groups in total. The van der Waals surface area contributed by atoms with Crippen LogP contribution in [0.1, 0.15) is 93.3 Å². The maximum absolute atomic E-state index is 11.2. The Morgan fingerprint density at radius 3 is 1.38 bits per heavy atom. The Labute approximate surface area is 255 Å². The maximum Gasteiger partial charge on any atom is 0.131 e. The van der Waals surface area contributed by atoms with Crippen LogP contribution in [-0.4, -0.2) is 20.4 Å². The molecule has 4 nitrogen and oxygen atoms in total. The number of phenolic OH excluding ortho intramolecular Hbond substituents is 4. The zero-order chi connectivity index (χ0) is 30.3. The molecule has 1 aliphatic carbocycles. The van der Waals surface area contributed by atoms with Gasteiger partial charge in [0.05, 0.1) is 0 Å². The summed E-state index contributed by atoms with van der Waals surface area (Å²) in [7, 11) is 0. The van der Waals surface area contributed by atoms with Crippen LogP contribution in [0.15, 0.2) is 53.4 Å². The lowest BCUT2D eigenvalue weighted by Crippen LogP contribution is -2.31. The topological polar surface area (TPSA) is 80.9 Å². The summed E-state index contributed by atoms with van der Waals surface area (Å²) in [5, 5.41) is 42.8. The number of phenols is 4. The van der Waals surface area contributed by atoms with Crippen molar-refractivity contribution in [3.8, 4) is 23.0 Å². The molecule has 0 spiro atoms. The lowest BCUT2D eigenvalue weighted by atomic mass is 9.64. The Morgan fingerprint density at radius 2 is 0.929 bits per heavy atom. The van der Waals surface area contributed by atoms with Gasteiger partial charge >= 0.3 is 0 Å². The predicted octanol–water partition coefficient (Wildman–Crippen LogP) is 8.77. The van der Waals surface area contributed by atoms with Crippen molar-refractivity contribution in [3.05, 3.63) is 110 Å². The molecule has 0 aliphatic heterocycles. The van der Waals surface area contributed by atoms with Gasteiger partial charge in [0.1, 0.15) is 23.0 Å². The van der Waals surface area contributed by atoms with E-state index in [2.05, 4.69) is 36.9 Å². The first-order valence-electron chi connectivity index (χ1n) is 14.9. The van der Waals surface area contributed by atoms with Gasteiger partial charge in [0, 0.05) is 23.2 Å². The molecule has 0 heterocycles. The number of hydrogen-bond acceptors (Lipinski definition) is 5. The van der Waals surface area contributed by atoms with Crippen LogP contribution < -0.4 is 0 Å². The third kappa shape index (κ3) is 5.59. The second kappa shape index (κ2) is 11.6. The minimum atomic E-state index is -0.237. The molecule has 0 amide bonds. The van der Waals surface area contributed by atoms with Gasteiger partial charge in [0.15, 0.2) is 0 Å². The van der Waals surface area contributed by atoms with Crippen LogP contribution in [0.4, 0.5) is 0 Å². The minimum Gasteiger partial charge on any atom is -0.507 e. The van der Waals surface area contributed by atoms with Gasteiger partial charge in [-0.05, 0) is 115 Å². The molecule has 1 saturated carbocycles. The highest BCUT2D eigenvalue weighted by atomic mass is 32.1. The molecule has 1 fully saturated rings. The van der Waals surface area contributed by atoms with Crippen molar-refractivity contribution in [2.24, 2.45) is 0 Å². The van der Waals surface area contributed by atoms with Gasteiger partial charge in [-0.2, -0.15) is 0 Å². The van der Waals surface area contributed by atoms with Crippen molar-refractivity contribution in [1.29, 1.82) is 0 Å². The Kier molecular flexibility index (Phi) is 8.26. The average Bonchev–Trinajstić information content (AvgIpc) is 2.95. The first kappa shape index (κ1) is 29.9. The van der Waals surface area contributed by atoms with Gasteiger partial charge in [0.25, 0.3) is 0 Å². The normalized spacial score (nSPS) is 14.7. The standard InChI is InChI=1S/C37H42O4S/c1-21-11-26(12-22(2)33(21)38)16-28-19-30(14-24(4)34(28)39)37(9-7-6-8-10-37)31-15-25(5)35(40)29(20-31)17-27-13-23(3)36(41)32(42)18-27/h11-15,18-20,38-42H,6-10,16-17H2,1-5H3. The molecule has 4 aromatic rings. The number of hydrogen-bond donors (Lipinski definition) is 5. The zero-order valence-electron chi connectivity index (χ0n) is 25.3. The fraction of sp³-hybridized carbons (Fsp3) is 0.351. The monoisotopic (exact) mass is 582 g/mol. The molecule has 5 heteroatoms. The molecule has 220 valence electrons. The van der Waals surface area contributed by atoms with Crippen LogP contribution in [0.5, 0.6) is 23.0 Å². The summed E-state index contributed by atoms with van der Waals surface area (Å²) >= 11 is 4.45. The number of thiol groups is 1. The molecule has 0 unspecified atom stereocenters. The lowest BCUT2D eigenvalue weighted by molar-refractivity contribution is 0.344. The predicted molar refractivity (Wildman–Crippen MR) is 173 cm³/mol. The SMILES string of the molecule is Cc1cc(Cc2cc(C3(c4cc(C)c(O)c(Cc5cc(C)c(O)c(S)c5)c4)CCCCC3)cc(C)c2O)cc(C)c1O. The highest BCUT2D eigenvalue weighted by molar-refractivity contribution is 7.80. The lowest BCUT2D eigenvalue weighted by Gasteiger charge is -2.40. The van der Waals surface area contributed by atoms with E-state index in [1.807, 2.05) is 58.9 Å². The van der Waals surface area contributed by atoms with Gasteiger partial charge < -0.3 is 20.4 Å². The van der Waals surface area contributed by atoms with Crippen LogP contribution in [0.3, 0.4) is 0 Å². The summed E-state index contributed by atoms with van der Waals surface area (Å²) in [4.78, 5) is 0.534. The minimum absolute atomic E-state index is 0.188. The van der Waals surface area contributed by atoms with E-state index in [-0.39, 0.29) is 11.2 Å². The van der Waals surface area contributed by atoms with E-state index < -0.39 is 0 Å². The number of benzene rings is 4. The Morgan fingerprint density at radius 1 is 0.524 bits per heavy atom.